The molecule has 200 valence electrons. The fraction of sp³-hybridized carbons (Fsp3) is 0.571. The van der Waals surface area contributed by atoms with E-state index in [0.717, 1.165) is 0 Å². The summed E-state index contributed by atoms with van der Waals surface area (Å²) < 4.78 is 0. The number of H-pyrrole nitrogens is 1. The maximum absolute atomic E-state index is 13.0. The van der Waals surface area contributed by atoms with Crippen molar-refractivity contribution < 1.29 is 44.1 Å². The van der Waals surface area contributed by atoms with Crippen LogP contribution in [0.3, 0.4) is 0 Å². The number of imidazole rings is 1. The number of aromatic amines is 1. The van der Waals surface area contributed by atoms with Gasteiger partial charge in [0.2, 0.25) is 17.7 Å². The van der Waals surface area contributed by atoms with E-state index in [2.05, 4.69) is 25.9 Å². The van der Waals surface area contributed by atoms with Gasteiger partial charge in [-0.15, -0.1) is 0 Å². The fourth-order valence-corrected chi connectivity index (χ4v) is 3.16. The Morgan fingerprint density at radius 2 is 1.50 bits per heavy atom. The van der Waals surface area contributed by atoms with Gasteiger partial charge in [-0.3, -0.25) is 24.0 Å². The molecular formula is C21H32N6O9. The molecule has 0 spiro atoms. The highest BCUT2D eigenvalue weighted by molar-refractivity contribution is 5.95. The molecule has 1 rings (SSSR count). The third kappa shape index (κ3) is 10.9. The van der Waals surface area contributed by atoms with Crippen molar-refractivity contribution in [3.8, 4) is 0 Å². The highest BCUT2D eigenvalue weighted by Gasteiger charge is 2.31. The number of carboxylic acid groups (broad SMARTS) is 3. The van der Waals surface area contributed by atoms with Crippen LogP contribution < -0.4 is 21.7 Å². The van der Waals surface area contributed by atoms with Crippen LogP contribution in [0.25, 0.3) is 0 Å². The van der Waals surface area contributed by atoms with Crippen molar-refractivity contribution in [2.24, 2.45) is 11.7 Å². The van der Waals surface area contributed by atoms with Crippen LogP contribution in [-0.2, 0) is 35.2 Å². The second kappa shape index (κ2) is 14.4. The van der Waals surface area contributed by atoms with Gasteiger partial charge < -0.3 is 42.0 Å². The molecule has 0 aliphatic rings. The molecule has 1 aromatic heterocycles. The molecule has 3 amide bonds. The highest BCUT2D eigenvalue weighted by Crippen LogP contribution is 2.08. The maximum Gasteiger partial charge on any atom is 0.326 e. The van der Waals surface area contributed by atoms with Crippen molar-refractivity contribution in [1.82, 2.24) is 25.9 Å². The number of carbonyl (C=O) groups excluding carboxylic acids is 3. The Balaban J connectivity index is 3.09. The van der Waals surface area contributed by atoms with E-state index >= 15 is 0 Å². The van der Waals surface area contributed by atoms with Crippen LogP contribution in [-0.4, -0.2) is 85.1 Å². The van der Waals surface area contributed by atoms with Crippen molar-refractivity contribution in [3.05, 3.63) is 18.2 Å². The zero-order valence-corrected chi connectivity index (χ0v) is 19.9. The first kappa shape index (κ1) is 30.0. The molecule has 9 N–H and O–H groups in total. The predicted octanol–water partition coefficient (Wildman–Crippen LogP) is -1.80. The largest absolute Gasteiger partial charge is 0.481 e. The maximum atomic E-state index is 13.0. The molecule has 1 heterocycles. The minimum Gasteiger partial charge on any atom is -0.481 e. The SMILES string of the molecule is CC(C)CC(NC(=O)C(CCC(=O)O)NC(=O)C(Cc1cnc[nH]1)NC(=O)C(N)CC(=O)O)C(=O)O. The quantitative estimate of drug-likeness (QED) is 0.123. The number of aliphatic carboxylic acids is 3. The Hall–Kier alpha value is -4.01. The van der Waals surface area contributed by atoms with Gasteiger partial charge in [0.1, 0.15) is 18.1 Å². The smallest absolute Gasteiger partial charge is 0.326 e. The Labute approximate surface area is 206 Å². The summed E-state index contributed by atoms with van der Waals surface area (Å²) in [5, 5.41) is 34.3. The van der Waals surface area contributed by atoms with E-state index in [0.29, 0.717) is 5.69 Å². The van der Waals surface area contributed by atoms with Crippen LogP contribution in [0, 0.1) is 5.92 Å². The molecule has 0 aliphatic heterocycles. The molecule has 4 unspecified atom stereocenters. The molecule has 0 aliphatic carbocycles. The van der Waals surface area contributed by atoms with Crippen molar-refractivity contribution in [1.29, 1.82) is 0 Å². The van der Waals surface area contributed by atoms with E-state index in [1.807, 2.05) is 0 Å². The predicted molar refractivity (Wildman–Crippen MR) is 122 cm³/mol. The van der Waals surface area contributed by atoms with Crippen LogP contribution in [0.5, 0.6) is 0 Å². The van der Waals surface area contributed by atoms with E-state index < -0.39 is 72.6 Å². The van der Waals surface area contributed by atoms with Gasteiger partial charge in [-0.2, -0.15) is 0 Å². The summed E-state index contributed by atoms with van der Waals surface area (Å²) in [6.45, 7) is 3.51. The van der Waals surface area contributed by atoms with Crippen molar-refractivity contribution >= 4 is 35.6 Å². The first-order chi connectivity index (χ1) is 16.8. The van der Waals surface area contributed by atoms with Gasteiger partial charge in [-0.1, -0.05) is 13.8 Å². The molecule has 36 heavy (non-hydrogen) atoms. The first-order valence-electron chi connectivity index (χ1n) is 11.1. The number of rotatable bonds is 16. The van der Waals surface area contributed by atoms with Gasteiger partial charge >= 0.3 is 17.9 Å². The van der Waals surface area contributed by atoms with Crippen molar-refractivity contribution in [2.75, 3.05) is 0 Å². The lowest BCUT2D eigenvalue weighted by molar-refractivity contribution is -0.143. The van der Waals surface area contributed by atoms with E-state index in [1.165, 1.54) is 12.5 Å². The molecule has 0 aromatic carbocycles. The summed E-state index contributed by atoms with van der Waals surface area (Å²) in [5.74, 6) is -6.70. The van der Waals surface area contributed by atoms with Crippen LogP contribution >= 0.6 is 0 Å². The number of aromatic nitrogens is 2. The van der Waals surface area contributed by atoms with Crippen molar-refractivity contribution in [3.63, 3.8) is 0 Å². The van der Waals surface area contributed by atoms with Gasteiger partial charge in [0, 0.05) is 24.7 Å². The molecule has 0 bridgehead atoms. The fourth-order valence-electron chi connectivity index (χ4n) is 3.16. The van der Waals surface area contributed by atoms with Crippen LogP contribution in [0.2, 0.25) is 0 Å². The first-order valence-corrected chi connectivity index (χ1v) is 11.1. The summed E-state index contributed by atoms with van der Waals surface area (Å²) in [7, 11) is 0. The standard InChI is InChI=1S/C21H32N6O9/c1-10(2)5-15(21(35)36)27-19(33)13(3-4-16(28)29)25-20(34)14(6-11-8-23-9-24-11)26-18(32)12(22)7-17(30)31/h8-10,12-15H,3-7,22H2,1-2H3,(H,23,24)(H,25,34)(H,26,32)(H,27,33)(H,28,29)(H,30,31)(H,35,36). The lowest BCUT2D eigenvalue weighted by atomic mass is 10.0. The lowest BCUT2D eigenvalue weighted by Gasteiger charge is -2.25. The van der Waals surface area contributed by atoms with Crippen LogP contribution in [0.15, 0.2) is 12.5 Å². The molecule has 0 saturated carbocycles. The Kier molecular flexibility index (Phi) is 12.0. The number of hydrogen-bond donors (Lipinski definition) is 8. The van der Waals surface area contributed by atoms with Gasteiger partial charge in [0.25, 0.3) is 0 Å². The molecule has 0 radical (unpaired) electrons. The van der Waals surface area contributed by atoms with Gasteiger partial charge in [-0.25, -0.2) is 9.78 Å². The lowest BCUT2D eigenvalue weighted by Crippen LogP contribution is -2.57. The van der Waals surface area contributed by atoms with Gasteiger partial charge in [0.15, 0.2) is 0 Å². The second-order valence-electron chi connectivity index (χ2n) is 8.57. The number of carboxylic acids is 3. The van der Waals surface area contributed by atoms with E-state index in [1.54, 1.807) is 13.8 Å². The third-order valence-corrected chi connectivity index (χ3v) is 4.94. The number of nitrogens with two attached hydrogens (primary N) is 1. The van der Waals surface area contributed by atoms with Crippen LogP contribution in [0.4, 0.5) is 0 Å². The number of amides is 3. The molecule has 0 fully saturated rings. The summed E-state index contributed by atoms with van der Waals surface area (Å²) >= 11 is 0. The Bertz CT molecular complexity index is 934. The molecule has 15 nitrogen and oxygen atoms in total. The number of hydrogen-bond acceptors (Lipinski definition) is 8. The Morgan fingerprint density at radius 3 is 2.00 bits per heavy atom. The third-order valence-electron chi connectivity index (χ3n) is 4.94. The van der Waals surface area contributed by atoms with E-state index in [9.17, 15) is 33.9 Å². The normalized spacial score (nSPS) is 14.2. The average Bonchev–Trinajstić information content (AvgIpc) is 3.27. The average molecular weight is 513 g/mol. The highest BCUT2D eigenvalue weighted by atomic mass is 16.4. The monoisotopic (exact) mass is 512 g/mol. The second-order valence-corrected chi connectivity index (χ2v) is 8.57. The van der Waals surface area contributed by atoms with Crippen molar-refractivity contribution in [2.45, 2.75) is 70.1 Å². The minimum atomic E-state index is -1.46. The van der Waals surface area contributed by atoms with E-state index in [-0.39, 0.29) is 25.2 Å². The zero-order chi connectivity index (χ0) is 27.4. The summed E-state index contributed by atoms with van der Waals surface area (Å²) in [6.07, 6.45) is 1.09. The summed E-state index contributed by atoms with van der Waals surface area (Å²) in [6, 6.07) is -5.50. The number of nitrogens with zero attached hydrogens (tertiary/aromatic N) is 1. The molecule has 0 saturated heterocycles. The number of carbonyl (C=O) groups is 6. The minimum absolute atomic E-state index is 0.0810. The molecule has 1 aromatic rings. The summed E-state index contributed by atoms with van der Waals surface area (Å²) in [5.41, 5.74) is 5.98. The van der Waals surface area contributed by atoms with Gasteiger partial charge in [0.05, 0.1) is 18.8 Å². The van der Waals surface area contributed by atoms with E-state index in [4.69, 9.17) is 15.9 Å². The summed E-state index contributed by atoms with van der Waals surface area (Å²) in [4.78, 5) is 78.2. The molecule has 4 atom stereocenters. The number of nitrogens with one attached hydrogen (secondary N) is 4. The molecule has 15 heteroatoms. The van der Waals surface area contributed by atoms with Gasteiger partial charge in [-0.05, 0) is 18.8 Å². The zero-order valence-electron chi connectivity index (χ0n) is 19.9. The Morgan fingerprint density at radius 1 is 0.917 bits per heavy atom. The van der Waals surface area contributed by atoms with Crippen LogP contribution in [0.1, 0.15) is 45.2 Å². The topological polar surface area (TPSA) is 254 Å². The molecular weight excluding hydrogens is 480 g/mol.